The van der Waals surface area contributed by atoms with Crippen molar-refractivity contribution in [2.24, 2.45) is 17.3 Å². The summed E-state index contributed by atoms with van der Waals surface area (Å²) in [6.07, 6.45) is 3.17. The van der Waals surface area contributed by atoms with E-state index in [1.54, 1.807) is 26.2 Å². The molecule has 1 saturated carbocycles. The molecule has 0 radical (unpaired) electrons. The van der Waals surface area contributed by atoms with Crippen LogP contribution >= 0.6 is 0 Å². The second-order valence-corrected chi connectivity index (χ2v) is 12.6. The standard InChI is InChI=1S/C26H38N2O4S/c1-8-19-14-25(13-17(3)22(19)31-7)15-20-11-10-18(16-27)12-21(20)26(25,23(29)32-9-2)28-33(30)24(4,5)6/h10-12,17,19,22,28H,8-9,13-15H2,1-7H3/t17-,19+,22+,25+,26+,33?/m0/s1. The Bertz CT molecular complexity index is 924. The summed E-state index contributed by atoms with van der Waals surface area (Å²) in [5, 5.41) is 9.62. The van der Waals surface area contributed by atoms with Gasteiger partial charge < -0.3 is 14.0 Å². The number of carbonyl (C=O) groups excluding carboxylic acids is 1. The van der Waals surface area contributed by atoms with Gasteiger partial charge in [-0.1, -0.05) is 26.3 Å². The van der Waals surface area contributed by atoms with Crippen LogP contribution in [0.4, 0.5) is 0 Å². The van der Waals surface area contributed by atoms with Gasteiger partial charge in [-0.3, -0.25) is 0 Å². The second kappa shape index (κ2) is 9.58. The van der Waals surface area contributed by atoms with Crippen molar-refractivity contribution in [2.45, 2.75) is 83.6 Å². The SMILES string of the molecule is CCOC(=O)[C@]1(N[S+]([O-])C(C)(C)C)c2cc(C#N)ccc2C[C@@]12C[C@@H](CC)[C@H](OC)[C@@H](C)C2. The molecule has 6 nitrogen and oxygen atoms in total. The first-order valence-corrected chi connectivity index (χ1v) is 13.1. The summed E-state index contributed by atoms with van der Waals surface area (Å²) >= 11 is -1.53. The number of nitrogens with one attached hydrogen (secondary N) is 1. The van der Waals surface area contributed by atoms with Gasteiger partial charge in [0.25, 0.3) is 0 Å². The molecule has 1 fully saturated rings. The van der Waals surface area contributed by atoms with E-state index in [0.717, 1.165) is 30.4 Å². The van der Waals surface area contributed by atoms with Crippen LogP contribution in [-0.2, 0) is 37.6 Å². The van der Waals surface area contributed by atoms with E-state index in [-0.39, 0.29) is 24.5 Å². The molecule has 0 aromatic heterocycles. The summed E-state index contributed by atoms with van der Waals surface area (Å²) in [6, 6.07) is 7.76. The number of hydrogen-bond acceptors (Lipinski definition) is 6. The van der Waals surface area contributed by atoms with Crippen LogP contribution in [0.15, 0.2) is 18.2 Å². The Hall–Kier alpha value is -1.59. The summed E-state index contributed by atoms with van der Waals surface area (Å²) in [5.74, 6) is 0.0497. The molecule has 2 aliphatic carbocycles. The molecule has 3 rings (SSSR count). The number of ether oxygens (including phenoxy) is 2. The third-order valence-corrected chi connectivity index (χ3v) is 9.14. The highest BCUT2D eigenvalue weighted by atomic mass is 32.2. The Kier molecular flexibility index (Phi) is 7.55. The number of fused-ring (bicyclic) bond motifs is 1. The first-order chi connectivity index (χ1) is 15.5. The quantitative estimate of drug-likeness (QED) is 0.486. The van der Waals surface area contributed by atoms with Crippen LogP contribution in [0, 0.1) is 28.6 Å². The van der Waals surface area contributed by atoms with Crippen LogP contribution in [0.5, 0.6) is 0 Å². The van der Waals surface area contributed by atoms with Crippen LogP contribution in [-0.4, -0.2) is 35.1 Å². The fraction of sp³-hybridized carbons (Fsp3) is 0.692. The van der Waals surface area contributed by atoms with E-state index in [9.17, 15) is 14.6 Å². The normalized spacial score (nSPS) is 32.3. The van der Waals surface area contributed by atoms with Gasteiger partial charge >= 0.3 is 5.97 Å². The van der Waals surface area contributed by atoms with Crippen molar-refractivity contribution in [1.82, 2.24) is 4.72 Å². The highest BCUT2D eigenvalue weighted by Crippen LogP contribution is 2.61. The number of methoxy groups -OCH3 is 1. The first kappa shape index (κ1) is 26.0. The van der Waals surface area contributed by atoms with Crippen molar-refractivity contribution in [1.29, 1.82) is 5.26 Å². The molecule has 6 atom stereocenters. The molecule has 1 spiro atoms. The number of esters is 1. The van der Waals surface area contributed by atoms with Gasteiger partial charge in [-0.25, -0.2) is 4.79 Å². The smallest absolute Gasteiger partial charge is 0.336 e. The lowest BCUT2D eigenvalue weighted by Gasteiger charge is -2.52. The number of benzene rings is 1. The van der Waals surface area contributed by atoms with Crippen LogP contribution in [0.25, 0.3) is 0 Å². The Morgan fingerprint density at radius 1 is 1.33 bits per heavy atom. The average molecular weight is 475 g/mol. The molecule has 0 amide bonds. The molecule has 0 bridgehead atoms. The fourth-order valence-corrected chi connectivity index (χ4v) is 7.14. The fourth-order valence-electron chi connectivity index (χ4n) is 6.15. The minimum Gasteiger partial charge on any atom is -0.598 e. The lowest BCUT2D eigenvalue weighted by atomic mass is 9.56. The van der Waals surface area contributed by atoms with Gasteiger partial charge in [-0.15, -0.1) is 4.72 Å². The van der Waals surface area contributed by atoms with Gasteiger partial charge in [-0.2, -0.15) is 5.26 Å². The molecular weight excluding hydrogens is 436 g/mol. The van der Waals surface area contributed by atoms with Crippen molar-refractivity contribution in [3.05, 3.63) is 34.9 Å². The predicted octanol–water partition coefficient (Wildman–Crippen LogP) is 4.38. The summed E-state index contributed by atoms with van der Waals surface area (Å²) in [7, 11) is 1.76. The maximum absolute atomic E-state index is 14.0. The van der Waals surface area contributed by atoms with Gasteiger partial charge in [0.2, 0.25) is 0 Å². The molecule has 0 saturated heterocycles. The zero-order chi connectivity index (χ0) is 24.6. The summed E-state index contributed by atoms with van der Waals surface area (Å²) < 4.78 is 27.9. The van der Waals surface area contributed by atoms with E-state index in [4.69, 9.17) is 9.47 Å². The van der Waals surface area contributed by atoms with E-state index < -0.39 is 33.0 Å². The Labute approximate surface area is 201 Å². The van der Waals surface area contributed by atoms with E-state index >= 15 is 0 Å². The van der Waals surface area contributed by atoms with Crippen LogP contribution in [0.3, 0.4) is 0 Å². The zero-order valence-corrected chi connectivity index (χ0v) is 21.8. The summed E-state index contributed by atoms with van der Waals surface area (Å²) in [5.41, 5.74) is 0.387. The highest BCUT2D eigenvalue weighted by molar-refractivity contribution is 7.90. The molecule has 0 aliphatic heterocycles. The minimum absolute atomic E-state index is 0.104. The summed E-state index contributed by atoms with van der Waals surface area (Å²) in [6.45, 7) is 12.0. The second-order valence-electron chi connectivity index (χ2n) is 10.6. The minimum atomic E-state index is -1.53. The van der Waals surface area contributed by atoms with E-state index in [0.29, 0.717) is 12.0 Å². The van der Waals surface area contributed by atoms with Crippen LogP contribution in [0.1, 0.15) is 77.5 Å². The molecule has 33 heavy (non-hydrogen) atoms. The van der Waals surface area contributed by atoms with E-state index in [1.165, 1.54) is 0 Å². The van der Waals surface area contributed by atoms with Gasteiger partial charge in [0.15, 0.2) is 5.54 Å². The molecule has 182 valence electrons. The number of hydrogen-bond donors (Lipinski definition) is 1. The zero-order valence-electron chi connectivity index (χ0n) is 21.0. The molecule has 1 N–H and O–H groups in total. The van der Waals surface area contributed by atoms with Crippen molar-refractivity contribution in [2.75, 3.05) is 13.7 Å². The monoisotopic (exact) mass is 474 g/mol. The van der Waals surface area contributed by atoms with Gasteiger partial charge in [0.05, 0.1) is 24.3 Å². The Balaban J connectivity index is 2.29. The average Bonchev–Trinajstić information content (AvgIpc) is 3.01. The number of nitrogens with zero attached hydrogens (tertiary/aromatic N) is 1. The first-order valence-electron chi connectivity index (χ1n) is 11.9. The van der Waals surface area contributed by atoms with E-state index in [2.05, 4.69) is 24.6 Å². The number of carbonyl (C=O) groups is 1. The largest absolute Gasteiger partial charge is 0.598 e. The van der Waals surface area contributed by atoms with Crippen LogP contribution < -0.4 is 4.72 Å². The predicted molar refractivity (Wildman–Crippen MR) is 130 cm³/mol. The van der Waals surface area contributed by atoms with Gasteiger partial charge in [0.1, 0.15) is 4.75 Å². The van der Waals surface area contributed by atoms with Crippen molar-refractivity contribution in [3.63, 3.8) is 0 Å². The molecule has 1 unspecified atom stereocenters. The topological polar surface area (TPSA) is 94.4 Å². The molecular formula is C26H38N2O4S. The number of nitriles is 1. The summed E-state index contributed by atoms with van der Waals surface area (Å²) in [4.78, 5) is 14.0. The lowest BCUT2D eigenvalue weighted by molar-refractivity contribution is -0.163. The molecule has 2 aliphatic rings. The third-order valence-electron chi connectivity index (χ3n) is 7.54. The molecule has 1 aromatic carbocycles. The third kappa shape index (κ3) is 4.32. The van der Waals surface area contributed by atoms with Gasteiger partial charge in [-0.05, 0) is 82.1 Å². The molecule has 1 aromatic rings. The van der Waals surface area contributed by atoms with Crippen molar-refractivity contribution >= 4 is 17.3 Å². The van der Waals surface area contributed by atoms with Crippen molar-refractivity contribution < 1.29 is 18.8 Å². The maximum Gasteiger partial charge on any atom is 0.336 e. The number of rotatable bonds is 6. The highest BCUT2D eigenvalue weighted by Gasteiger charge is 2.68. The lowest BCUT2D eigenvalue weighted by Crippen LogP contribution is -2.65. The Morgan fingerprint density at radius 3 is 2.58 bits per heavy atom. The molecule has 7 heteroatoms. The van der Waals surface area contributed by atoms with Gasteiger partial charge in [0, 0.05) is 23.9 Å². The van der Waals surface area contributed by atoms with Crippen molar-refractivity contribution in [3.8, 4) is 6.07 Å². The molecule has 0 heterocycles. The van der Waals surface area contributed by atoms with E-state index in [1.807, 2.05) is 26.8 Å². The Morgan fingerprint density at radius 2 is 2.03 bits per heavy atom. The maximum atomic E-state index is 14.0. The van der Waals surface area contributed by atoms with Crippen LogP contribution in [0.2, 0.25) is 0 Å².